The van der Waals surface area contributed by atoms with Gasteiger partial charge < -0.3 is 11.1 Å². The molecule has 2 aromatic rings. The first-order valence-corrected chi connectivity index (χ1v) is 11.0. The first-order valence-electron chi connectivity index (χ1n) is 10.0. The van der Waals surface area contributed by atoms with Gasteiger partial charge in [-0.3, -0.25) is 14.5 Å². The molecule has 0 radical (unpaired) electrons. The highest BCUT2D eigenvalue weighted by Crippen LogP contribution is 2.52. The molecule has 1 aromatic heterocycles. The number of halogens is 3. The Balaban J connectivity index is 1.60. The number of fused-ring (bicyclic) bond motifs is 2. The number of alkyl halides is 3. The molecule has 166 valence electrons. The van der Waals surface area contributed by atoms with E-state index in [4.69, 9.17) is 5.73 Å². The number of nitrogens with zero attached hydrogens (tertiary/aromatic N) is 2. The lowest BCUT2D eigenvalue weighted by Crippen LogP contribution is -2.51. The van der Waals surface area contributed by atoms with Crippen LogP contribution in [0.2, 0.25) is 0 Å². The van der Waals surface area contributed by atoms with E-state index in [1.54, 1.807) is 11.6 Å². The summed E-state index contributed by atoms with van der Waals surface area (Å²) in [6.45, 7) is 0.0871. The minimum atomic E-state index is -4.40. The number of primary amides is 1. The maximum absolute atomic E-state index is 13.3. The van der Waals surface area contributed by atoms with Crippen LogP contribution < -0.4 is 11.1 Å². The first kappa shape index (κ1) is 21.8. The summed E-state index contributed by atoms with van der Waals surface area (Å²) in [5.74, 6) is -0.873. The third-order valence-corrected chi connectivity index (χ3v) is 6.99. The number of carbonyl (C=O) groups excluding carboxylic acids is 2. The molecule has 1 aromatic carbocycles. The van der Waals surface area contributed by atoms with Crippen molar-refractivity contribution in [2.75, 3.05) is 6.54 Å². The lowest BCUT2D eigenvalue weighted by atomic mass is 9.70. The van der Waals surface area contributed by atoms with Crippen molar-refractivity contribution in [3.05, 3.63) is 52.0 Å². The van der Waals surface area contributed by atoms with E-state index in [-0.39, 0.29) is 24.5 Å². The predicted octanol–water partition coefficient (Wildman–Crippen LogP) is 2.73. The van der Waals surface area contributed by atoms with Crippen LogP contribution in [0.1, 0.15) is 36.1 Å². The number of carbonyl (C=O) groups is 2. The number of benzene rings is 1. The molecule has 0 unspecified atom stereocenters. The summed E-state index contributed by atoms with van der Waals surface area (Å²) in [7, 11) is 0. The fraction of sp³-hybridized carbons (Fsp3) is 0.476. The molecule has 0 saturated carbocycles. The Morgan fingerprint density at radius 1 is 1.32 bits per heavy atom. The predicted molar refractivity (Wildman–Crippen MR) is 109 cm³/mol. The monoisotopic (exact) mass is 452 g/mol. The van der Waals surface area contributed by atoms with Crippen LogP contribution in [0.4, 0.5) is 13.2 Å². The van der Waals surface area contributed by atoms with Gasteiger partial charge in [-0.25, -0.2) is 4.98 Å². The topological polar surface area (TPSA) is 88.3 Å². The van der Waals surface area contributed by atoms with E-state index in [0.717, 1.165) is 24.6 Å². The van der Waals surface area contributed by atoms with Crippen molar-refractivity contribution in [3.8, 4) is 0 Å². The van der Waals surface area contributed by atoms with Crippen molar-refractivity contribution in [2.45, 2.75) is 50.5 Å². The van der Waals surface area contributed by atoms with Crippen LogP contribution in [0.3, 0.4) is 0 Å². The molecule has 2 aliphatic rings. The van der Waals surface area contributed by atoms with E-state index >= 15 is 0 Å². The van der Waals surface area contributed by atoms with E-state index in [1.807, 2.05) is 5.38 Å². The average molecular weight is 453 g/mol. The molecule has 10 heteroatoms. The van der Waals surface area contributed by atoms with Gasteiger partial charge in [0.15, 0.2) is 0 Å². The van der Waals surface area contributed by atoms with E-state index in [0.29, 0.717) is 24.9 Å². The van der Waals surface area contributed by atoms with Crippen LogP contribution in [0.5, 0.6) is 0 Å². The Morgan fingerprint density at radius 2 is 2.13 bits per heavy atom. The molecule has 2 bridgehead atoms. The third-order valence-electron chi connectivity index (χ3n) is 6.36. The van der Waals surface area contributed by atoms with Gasteiger partial charge in [-0.1, -0.05) is 18.2 Å². The lowest BCUT2D eigenvalue weighted by molar-refractivity contribution is -0.137. The largest absolute Gasteiger partial charge is 0.416 e. The smallest absolute Gasteiger partial charge is 0.368 e. The zero-order chi connectivity index (χ0) is 22.2. The Labute approximate surface area is 181 Å². The van der Waals surface area contributed by atoms with Gasteiger partial charge in [0, 0.05) is 30.4 Å². The number of hydrogen-bond acceptors (Lipinski definition) is 5. The van der Waals surface area contributed by atoms with Crippen molar-refractivity contribution in [1.29, 1.82) is 0 Å². The van der Waals surface area contributed by atoms with Crippen molar-refractivity contribution in [3.63, 3.8) is 0 Å². The summed E-state index contributed by atoms with van der Waals surface area (Å²) in [5.41, 5.74) is 6.80. The molecule has 2 fully saturated rings. The first-order chi connectivity index (χ1) is 14.7. The summed E-state index contributed by atoms with van der Waals surface area (Å²) < 4.78 is 39.4. The van der Waals surface area contributed by atoms with Crippen molar-refractivity contribution >= 4 is 23.2 Å². The number of rotatable bonds is 7. The molecular formula is C21H23F3N4O2S. The molecule has 31 heavy (non-hydrogen) atoms. The highest BCUT2D eigenvalue weighted by molar-refractivity contribution is 7.07. The van der Waals surface area contributed by atoms with Gasteiger partial charge in [-0.05, 0) is 30.9 Å². The van der Waals surface area contributed by atoms with Gasteiger partial charge in [0.25, 0.3) is 0 Å². The van der Waals surface area contributed by atoms with Crippen LogP contribution in [-0.2, 0) is 28.7 Å². The second-order valence-corrected chi connectivity index (χ2v) is 9.00. The van der Waals surface area contributed by atoms with Crippen LogP contribution in [0, 0.1) is 5.41 Å². The second kappa shape index (κ2) is 8.23. The van der Waals surface area contributed by atoms with E-state index in [1.165, 1.54) is 23.5 Å². The van der Waals surface area contributed by atoms with Crippen molar-refractivity contribution < 1.29 is 22.8 Å². The van der Waals surface area contributed by atoms with E-state index < -0.39 is 23.1 Å². The van der Waals surface area contributed by atoms with Gasteiger partial charge in [-0.2, -0.15) is 13.2 Å². The molecule has 6 nitrogen and oxygen atoms in total. The molecule has 0 aliphatic carbocycles. The van der Waals surface area contributed by atoms with Crippen molar-refractivity contribution in [1.82, 2.24) is 15.2 Å². The number of aromatic nitrogens is 1. The summed E-state index contributed by atoms with van der Waals surface area (Å²) in [6, 6.07) is 5.26. The highest BCUT2D eigenvalue weighted by Gasteiger charge is 2.59. The maximum atomic E-state index is 13.3. The van der Waals surface area contributed by atoms with Crippen LogP contribution in [-0.4, -0.2) is 40.3 Å². The van der Waals surface area contributed by atoms with Crippen LogP contribution in [0.15, 0.2) is 35.2 Å². The molecule has 3 atom stereocenters. The van der Waals surface area contributed by atoms with Crippen LogP contribution in [0.25, 0.3) is 0 Å². The normalized spacial score (nSPS) is 25.6. The zero-order valence-electron chi connectivity index (χ0n) is 16.7. The SMILES string of the molecule is NC(=O)CNC(=O)[C@@]1(Cc2cscn2)C[C@H]2CC[C@@H]1N2Cc1cccc(C(F)(F)F)c1. The Morgan fingerprint density at radius 3 is 2.81 bits per heavy atom. The second-order valence-electron chi connectivity index (χ2n) is 8.28. The van der Waals surface area contributed by atoms with E-state index in [9.17, 15) is 22.8 Å². The third kappa shape index (κ3) is 4.31. The summed E-state index contributed by atoms with van der Waals surface area (Å²) in [4.78, 5) is 30.9. The Bertz CT molecular complexity index is 966. The molecule has 3 N–H and O–H groups in total. The van der Waals surface area contributed by atoms with Gasteiger partial charge in [0.05, 0.1) is 28.7 Å². The molecule has 2 aliphatic heterocycles. The minimum absolute atomic E-state index is 0.0810. The van der Waals surface area contributed by atoms with Gasteiger partial charge >= 0.3 is 6.18 Å². The Hall–Kier alpha value is -2.46. The maximum Gasteiger partial charge on any atom is 0.416 e. The molecule has 3 heterocycles. The lowest BCUT2D eigenvalue weighted by Gasteiger charge is -2.36. The van der Waals surface area contributed by atoms with Gasteiger partial charge in [0.2, 0.25) is 11.8 Å². The van der Waals surface area contributed by atoms with Gasteiger partial charge in [-0.15, -0.1) is 11.3 Å². The molecule has 0 spiro atoms. The zero-order valence-corrected chi connectivity index (χ0v) is 17.5. The molecular weight excluding hydrogens is 429 g/mol. The fourth-order valence-electron chi connectivity index (χ4n) is 5.11. The quantitative estimate of drug-likeness (QED) is 0.676. The molecule has 4 rings (SSSR count). The number of nitrogens with two attached hydrogens (primary N) is 1. The average Bonchev–Trinajstić information content (AvgIpc) is 3.42. The van der Waals surface area contributed by atoms with Gasteiger partial charge in [0.1, 0.15) is 0 Å². The van der Waals surface area contributed by atoms with Crippen LogP contribution >= 0.6 is 11.3 Å². The number of nitrogens with one attached hydrogen (secondary N) is 1. The van der Waals surface area contributed by atoms with Crippen molar-refractivity contribution in [2.24, 2.45) is 11.1 Å². The van der Waals surface area contributed by atoms with E-state index in [2.05, 4.69) is 15.2 Å². The summed E-state index contributed by atoms with van der Waals surface area (Å²) in [5, 5.41) is 4.56. The summed E-state index contributed by atoms with van der Waals surface area (Å²) >= 11 is 1.44. The number of hydrogen-bond donors (Lipinski definition) is 2. The minimum Gasteiger partial charge on any atom is -0.368 e. The standard InChI is InChI=1S/C21H23F3N4O2S/c22-21(23,24)14-3-1-2-13(6-14)10-28-16-4-5-17(28)20(8-16,7-15-11-31-12-27-15)19(30)26-9-18(25)29/h1-3,6,11-12,16-17H,4-5,7-10H2,(H2,25,29)(H,26,30)/t16-,17+,20+/m1/s1. The molecule has 2 amide bonds. The fourth-order valence-corrected chi connectivity index (χ4v) is 5.67. The number of amides is 2. The summed E-state index contributed by atoms with van der Waals surface area (Å²) in [6.07, 6.45) is -1.77. The molecule has 2 saturated heterocycles. The number of thiazole rings is 1. The Kier molecular flexibility index (Phi) is 5.78. The highest BCUT2D eigenvalue weighted by atomic mass is 32.1.